The summed E-state index contributed by atoms with van der Waals surface area (Å²) in [4.78, 5) is 8.99. The maximum atomic E-state index is 4.75. The second kappa shape index (κ2) is 6.59. The number of halogens is 1. The zero-order valence-electron chi connectivity index (χ0n) is 11.4. The summed E-state index contributed by atoms with van der Waals surface area (Å²) < 4.78 is 0.994. The number of hydrogen-bond donors (Lipinski definition) is 1. The van der Waals surface area contributed by atoms with Gasteiger partial charge in [0.25, 0.3) is 0 Å². The second-order valence-electron chi connectivity index (χ2n) is 4.69. The number of hydrogen-bond acceptors (Lipinski definition) is 4. The highest BCUT2D eigenvalue weighted by molar-refractivity contribution is 9.10. The Morgan fingerprint density at radius 3 is 2.74 bits per heavy atom. The topological polar surface area (TPSA) is 37.8 Å². The molecule has 2 aromatic heterocycles. The van der Waals surface area contributed by atoms with Crippen LogP contribution in [0.5, 0.6) is 0 Å². The smallest absolute Gasteiger partial charge is 0.114 e. The van der Waals surface area contributed by atoms with Crippen molar-refractivity contribution in [3.8, 4) is 0 Å². The van der Waals surface area contributed by atoms with E-state index in [1.807, 2.05) is 6.20 Å². The van der Waals surface area contributed by atoms with E-state index in [-0.39, 0.29) is 6.04 Å². The van der Waals surface area contributed by atoms with Crippen LogP contribution in [0.15, 0.2) is 28.3 Å². The van der Waals surface area contributed by atoms with E-state index < -0.39 is 0 Å². The van der Waals surface area contributed by atoms with Gasteiger partial charge in [-0.25, -0.2) is 4.98 Å². The number of aromatic nitrogens is 2. The Morgan fingerprint density at radius 2 is 2.16 bits per heavy atom. The molecule has 102 valence electrons. The summed E-state index contributed by atoms with van der Waals surface area (Å²) in [5.41, 5.74) is 2.30. The molecule has 5 heteroatoms. The Morgan fingerprint density at radius 1 is 1.37 bits per heavy atom. The Balaban J connectivity index is 2.33. The van der Waals surface area contributed by atoms with Crippen LogP contribution >= 0.6 is 27.3 Å². The van der Waals surface area contributed by atoms with E-state index in [4.69, 9.17) is 4.98 Å². The van der Waals surface area contributed by atoms with Crippen molar-refractivity contribution in [2.75, 3.05) is 6.54 Å². The maximum absolute atomic E-state index is 4.75. The molecule has 0 amide bonds. The van der Waals surface area contributed by atoms with Crippen molar-refractivity contribution in [2.45, 2.75) is 32.7 Å². The molecule has 3 nitrogen and oxygen atoms in total. The molecule has 0 saturated heterocycles. The van der Waals surface area contributed by atoms with Crippen LogP contribution in [0.1, 0.15) is 49.0 Å². The van der Waals surface area contributed by atoms with Crippen LogP contribution in [0.4, 0.5) is 0 Å². The quantitative estimate of drug-likeness (QED) is 0.890. The van der Waals surface area contributed by atoms with Gasteiger partial charge in [-0.05, 0) is 40.0 Å². The zero-order chi connectivity index (χ0) is 13.8. The molecule has 2 aromatic rings. The van der Waals surface area contributed by atoms with Crippen LogP contribution < -0.4 is 5.32 Å². The highest BCUT2D eigenvalue weighted by Crippen LogP contribution is 2.28. The largest absolute Gasteiger partial charge is 0.304 e. The first-order valence-electron chi connectivity index (χ1n) is 6.41. The lowest BCUT2D eigenvalue weighted by molar-refractivity contribution is 0.621. The predicted molar refractivity (Wildman–Crippen MR) is 83.7 cm³/mol. The second-order valence-corrected chi connectivity index (χ2v) is 6.50. The summed E-state index contributed by atoms with van der Waals surface area (Å²) in [5, 5.41) is 6.73. The molecule has 0 bridgehead atoms. The molecule has 0 aromatic carbocycles. The minimum atomic E-state index is 0.118. The molecule has 0 saturated carbocycles. The van der Waals surface area contributed by atoms with Gasteiger partial charge in [0.05, 0.1) is 11.7 Å². The van der Waals surface area contributed by atoms with Crippen LogP contribution in [0.2, 0.25) is 0 Å². The van der Waals surface area contributed by atoms with Crippen molar-refractivity contribution in [1.82, 2.24) is 15.3 Å². The van der Waals surface area contributed by atoms with Crippen molar-refractivity contribution in [3.63, 3.8) is 0 Å². The Labute approximate surface area is 126 Å². The number of thiazole rings is 1. The Hall–Kier alpha value is -0.780. The van der Waals surface area contributed by atoms with Gasteiger partial charge in [0, 0.05) is 22.2 Å². The number of pyridine rings is 1. The van der Waals surface area contributed by atoms with Crippen molar-refractivity contribution in [3.05, 3.63) is 44.6 Å². The lowest BCUT2D eigenvalue weighted by atomic mass is 10.1. The molecule has 0 aliphatic carbocycles. The third-order valence-corrected chi connectivity index (χ3v) is 4.21. The monoisotopic (exact) mass is 339 g/mol. The summed E-state index contributed by atoms with van der Waals surface area (Å²) in [6.07, 6.45) is 3.70. The van der Waals surface area contributed by atoms with Gasteiger partial charge >= 0.3 is 0 Å². The van der Waals surface area contributed by atoms with Crippen LogP contribution in [0, 0.1) is 0 Å². The average molecular weight is 340 g/mol. The third-order valence-electron chi connectivity index (χ3n) is 2.85. The number of rotatable bonds is 5. The molecule has 1 atom stereocenters. The number of nitrogens with zero attached hydrogens (tertiary/aromatic N) is 2. The van der Waals surface area contributed by atoms with E-state index in [2.05, 4.69) is 58.4 Å². The van der Waals surface area contributed by atoms with E-state index in [1.165, 1.54) is 0 Å². The lowest BCUT2D eigenvalue weighted by Crippen LogP contribution is -2.22. The Kier molecular flexibility index (Phi) is 5.07. The average Bonchev–Trinajstić information content (AvgIpc) is 2.85. The fourth-order valence-corrected chi connectivity index (χ4v) is 3.30. The minimum Gasteiger partial charge on any atom is -0.304 e. The molecule has 1 unspecified atom stereocenters. The molecular formula is C14H18BrN3S. The highest BCUT2D eigenvalue weighted by atomic mass is 79.9. The van der Waals surface area contributed by atoms with Gasteiger partial charge in [-0.1, -0.05) is 20.8 Å². The van der Waals surface area contributed by atoms with Gasteiger partial charge < -0.3 is 5.32 Å². The van der Waals surface area contributed by atoms with E-state index in [0.717, 1.165) is 27.3 Å². The van der Waals surface area contributed by atoms with Gasteiger partial charge in [0.1, 0.15) is 5.01 Å². The van der Waals surface area contributed by atoms with Gasteiger partial charge in [-0.15, -0.1) is 11.3 Å². The van der Waals surface area contributed by atoms with E-state index in [9.17, 15) is 0 Å². The first-order chi connectivity index (χ1) is 9.11. The summed E-state index contributed by atoms with van der Waals surface area (Å²) in [5.74, 6) is 0.466. The van der Waals surface area contributed by atoms with Crippen molar-refractivity contribution < 1.29 is 0 Å². The fourth-order valence-electron chi connectivity index (χ4n) is 1.84. The molecule has 0 fully saturated rings. The summed E-state index contributed by atoms with van der Waals surface area (Å²) in [6, 6.07) is 2.21. The molecule has 2 rings (SSSR count). The molecule has 0 radical (unpaired) electrons. The van der Waals surface area contributed by atoms with Gasteiger partial charge in [-0.2, -0.15) is 0 Å². The molecular weight excluding hydrogens is 322 g/mol. The van der Waals surface area contributed by atoms with Gasteiger partial charge in [0.2, 0.25) is 0 Å². The summed E-state index contributed by atoms with van der Waals surface area (Å²) in [7, 11) is 0. The van der Waals surface area contributed by atoms with Gasteiger partial charge in [0.15, 0.2) is 0 Å². The first kappa shape index (κ1) is 14.6. The molecule has 0 spiro atoms. The van der Waals surface area contributed by atoms with Crippen LogP contribution in [-0.4, -0.2) is 16.5 Å². The number of nitrogens with one attached hydrogen (secondary N) is 1. The first-order valence-corrected chi connectivity index (χ1v) is 8.08. The summed E-state index contributed by atoms with van der Waals surface area (Å²) >= 11 is 5.19. The summed E-state index contributed by atoms with van der Waals surface area (Å²) in [6.45, 7) is 7.34. The maximum Gasteiger partial charge on any atom is 0.114 e. The lowest BCUT2D eigenvalue weighted by Gasteiger charge is -2.15. The van der Waals surface area contributed by atoms with Crippen molar-refractivity contribution >= 4 is 27.3 Å². The molecule has 1 N–H and O–H groups in total. The minimum absolute atomic E-state index is 0.118. The molecule has 19 heavy (non-hydrogen) atoms. The molecule has 0 aliphatic heterocycles. The van der Waals surface area contributed by atoms with Crippen LogP contribution in [0.25, 0.3) is 0 Å². The van der Waals surface area contributed by atoms with Crippen LogP contribution in [0.3, 0.4) is 0 Å². The normalized spacial score (nSPS) is 12.9. The van der Waals surface area contributed by atoms with Crippen LogP contribution in [-0.2, 0) is 0 Å². The van der Waals surface area contributed by atoms with E-state index >= 15 is 0 Å². The molecule has 0 aliphatic rings. The van der Waals surface area contributed by atoms with E-state index in [1.54, 1.807) is 17.5 Å². The van der Waals surface area contributed by atoms with Gasteiger partial charge in [-0.3, -0.25) is 4.98 Å². The van der Waals surface area contributed by atoms with Crippen molar-refractivity contribution in [1.29, 1.82) is 0 Å². The highest BCUT2D eigenvalue weighted by Gasteiger charge is 2.18. The van der Waals surface area contributed by atoms with E-state index in [0.29, 0.717) is 5.92 Å². The Bertz CT molecular complexity index is 539. The van der Waals surface area contributed by atoms with Crippen molar-refractivity contribution in [2.24, 2.45) is 0 Å². The third kappa shape index (κ3) is 3.61. The zero-order valence-corrected chi connectivity index (χ0v) is 13.8. The molecule has 2 heterocycles. The predicted octanol–water partition coefficient (Wildman–Crippen LogP) is 4.12. The standard InChI is InChI=1S/C14H18BrN3S/c1-4-17-13(10-5-11(15)7-16-6-10)14-18-12(8-19-14)9(2)3/h5-9,13,17H,4H2,1-3H3. The fraction of sp³-hybridized carbons (Fsp3) is 0.429. The SMILES string of the molecule is CCNC(c1cncc(Br)c1)c1nc(C(C)C)cs1.